The van der Waals surface area contributed by atoms with E-state index in [0.717, 1.165) is 60.7 Å². The average molecular weight is 512 g/mol. The summed E-state index contributed by atoms with van der Waals surface area (Å²) < 4.78 is 10.7. The van der Waals surface area contributed by atoms with Crippen LogP contribution in [0.3, 0.4) is 0 Å². The molecule has 0 N–H and O–H groups in total. The molecule has 0 spiro atoms. The highest BCUT2D eigenvalue weighted by Crippen LogP contribution is 2.36. The second-order valence-corrected chi connectivity index (χ2v) is 10.0. The summed E-state index contributed by atoms with van der Waals surface area (Å²) in [6, 6.07) is 13.8. The number of hydrogen-bond acceptors (Lipinski definition) is 6. The van der Waals surface area contributed by atoms with Crippen molar-refractivity contribution in [2.45, 2.75) is 44.9 Å². The van der Waals surface area contributed by atoms with Gasteiger partial charge in [0.15, 0.2) is 5.82 Å². The Bertz CT molecular complexity index is 1210. The lowest BCUT2D eigenvalue weighted by Gasteiger charge is -2.44. The molecule has 0 bridgehead atoms. The van der Waals surface area contributed by atoms with Crippen LogP contribution in [0.2, 0.25) is 10.0 Å². The van der Waals surface area contributed by atoms with Gasteiger partial charge in [0.2, 0.25) is 0 Å². The van der Waals surface area contributed by atoms with Crippen molar-refractivity contribution in [1.29, 1.82) is 0 Å². The van der Waals surface area contributed by atoms with Gasteiger partial charge in [0.1, 0.15) is 12.4 Å². The van der Waals surface area contributed by atoms with Gasteiger partial charge >= 0.3 is 5.97 Å². The maximum Gasteiger partial charge on any atom is 0.305 e. The molecule has 0 amide bonds. The third-order valence-electron chi connectivity index (χ3n) is 6.88. The molecule has 8 heteroatoms. The first-order valence-electron chi connectivity index (χ1n) is 11.8. The molecule has 0 atom stereocenters. The predicted molar refractivity (Wildman–Crippen MR) is 136 cm³/mol. The fraction of sp³-hybridized carbons (Fsp3) is 0.370. The van der Waals surface area contributed by atoms with Crippen molar-refractivity contribution in [3.05, 3.63) is 75.5 Å². The molecule has 6 nitrogen and oxygen atoms in total. The van der Waals surface area contributed by atoms with Crippen LogP contribution in [0.25, 0.3) is 11.4 Å². The third-order valence-corrected chi connectivity index (χ3v) is 7.61. The number of ether oxygens (including phenoxy) is 2. The third kappa shape index (κ3) is 5.61. The summed E-state index contributed by atoms with van der Waals surface area (Å²) in [6.45, 7) is 2.26. The van der Waals surface area contributed by atoms with Crippen molar-refractivity contribution in [3.8, 4) is 17.1 Å². The first-order valence-corrected chi connectivity index (χ1v) is 12.6. The summed E-state index contributed by atoms with van der Waals surface area (Å²) in [5.41, 5.74) is 4.23. The number of carbonyl (C=O) groups excluding carboxylic acids is 1. The van der Waals surface area contributed by atoms with E-state index >= 15 is 0 Å². The van der Waals surface area contributed by atoms with Gasteiger partial charge in [-0.3, -0.25) is 9.69 Å². The molecule has 1 aliphatic heterocycles. The molecule has 2 aromatic carbocycles. The second kappa shape index (κ2) is 10.5. The Kier molecular flexibility index (Phi) is 7.23. The van der Waals surface area contributed by atoms with Crippen LogP contribution in [0.1, 0.15) is 36.1 Å². The molecule has 35 heavy (non-hydrogen) atoms. The minimum absolute atomic E-state index is 0.107. The van der Waals surface area contributed by atoms with E-state index in [4.69, 9.17) is 37.7 Å². The number of carbonyl (C=O) groups is 1. The lowest BCUT2D eigenvalue weighted by Crippen LogP contribution is -2.47. The van der Waals surface area contributed by atoms with Gasteiger partial charge in [-0.2, -0.15) is 0 Å². The van der Waals surface area contributed by atoms with E-state index < -0.39 is 0 Å². The zero-order valence-electron chi connectivity index (χ0n) is 19.5. The minimum Gasteiger partial charge on any atom is -0.489 e. The molecule has 5 rings (SSSR count). The zero-order valence-corrected chi connectivity index (χ0v) is 21.1. The lowest BCUT2D eigenvalue weighted by molar-refractivity contribution is -0.143. The molecule has 1 fully saturated rings. The summed E-state index contributed by atoms with van der Waals surface area (Å²) in [5.74, 6) is 1.84. The standard InChI is InChI=1S/C27H27Cl2N3O3/c1-34-26(33)13-18-10-21(11-18)32-9-8-25-20(15-32)14-30-27(31-25)19-3-5-22(6-4-19)35-16-17-2-7-23(28)24(29)12-17/h2-7,12,14,18,21H,8-11,13,15-16H2,1H3. The van der Waals surface area contributed by atoms with Crippen molar-refractivity contribution >= 4 is 29.2 Å². The van der Waals surface area contributed by atoms with Crippen molar-refractivity contribution < 1.29 is 14.3 Å². The largest absolute Gasteiger partial charge is 0.489 e. The number of hydrogen-bond donors (Lipinski definition) is 0. The van der Waals surface area contributed by atoms with Gasteiger partial charge < -0.3 is 9.47 Å². The van der Waals surface area contributed by atoms with Crippen molar-refractivity contribution in [3.63, 3.8) is 0 Å². The van der Waals surface area contributed by atoms with E-state index in [1.165, 1.54) is 12.7 Å². The fourth-order valence-corrected chi connectivity index (χ4v) is 5.09. The van der Waals surface area contributed by atoms with Crippen molar-refractivity contribution in [1.82, 2.24) is 14.9 Å². The monoisotopic (exact) mass is 511 g/mol. The van der Waals surface area contributed by atoms with Crippen LogP contribution in [0.5, 0.6) is 5.75 Å². The number of nitrogens with zero attached hydrogens (tertiary/aromatic N) is 3. The Morgan fingerprint density at radius 2 is 1.91 bits per heavy atom. The summed E-state index contributed by atoms with van der Waals surface area (Å²) in [6.07, 6.45) is 5.52. The summed E-state index contributed by atoms with van der Waals surface area (Å²) in [4.78, 5) is 23.5. The van der Waals surface area contributed by atoms with Crippen LogP contribution < -0.4 is 4.74 Å². The van der Waals surface area contributed by atoms with Crippen molar-refractivity contribution in [2.75, 3.05) is 13.7 Å². The van der Waals surface area contributed by atoms with Crippen LogP contribution in [-0.4, -0.2) is 40.5 Å². The van der Waals surface area contributed by atoms with Crippen LogP contribution in [-0.2, 0) is 29.1 Å². The molecular weight excluding hydrogens is 485 g/mol. The summed E-state index contributed by atoms with van der Waals surface area (Å²) in [5, 5.41) is 1.05. The zero-order chi connectivity index (χ0) is 24.4. The normalized spacial score (nSPS) is 19.5. The van der Waals surface area contributed by atoms with Crippen LogP contribution in [0.15, 0.2) is 48.7 Å². The topological polar surface area (TPSA) is 64.5 Å². The molecule has 0 unspecified atom stereocenters. The highest BCUT2D eigenvalue weighted by atomic mass is 35.5. The number of methoxy groups -OCH3 is 1. The molecule has 2 aliphatic rings. The number of rotatable bonds is 7. The molecule has 182 valence electrons. The Hall–Kier alpha value is -2.67. The maximum absolute atomic E-state index is 11.5. The van der Waals surface area contributed by atoms with Gasteiger partial charge in [0.25, 0.3) is 0 Å². The van der Waals surface area contributed by atoms with Gasteiger partial charge in [0.05, 0.1) is 22.8 Å². The number of fused-ring (bicyclic) bond motifs is 1. The Morgan fingerprint density at radius 1 is 1.11 bits per heavy atom. The smallest absolute Gasteiger partial charge is 0.305 e. The van der Waals surface area contributed by atoms with Gasteiger partial charge in [-0.15, -0.1) is 0 Å². The minimum atomic E-state index is -0.107. The SMILES string of the molecule is COC(=O)CC1CC(N2CCc3nc(-c4ccc(OCc5ccc(Cl)c(Cl)c5)cc4)ncc3C2)C1. The van der Waals surface area contributed by atoms with E-state index in [-0.39, 0.29) is 5.97 Å². The number of esters is 1. The Balaban J connectivity index is 1.17. The molecule has 2 heterocycles. The first-order chi connectivity index (χ1) is 17.0. The van der Waals surface area contributed by atoms with E-state index in [9.17, 15) is 4.79 Å². The van der Waals surface area contributed by atoms with E-state index in [0.29, 0.717) is 35.0 Å². The first kappa shape index (κ1) is 24.0. The number of aromatic nitrogens is 2. The highest BCUT2D eigenvalue weighted by Gasteiger charge is 2.36. The van der Waals surface area contributed by atoms with Crippen LogP contribution >= 0.6 is 23.2 Å². The predicted octanol–water partition coefficient (Wildman–Crippen LogP) is 5.73. The van der Waals surface area contributed by atoms with Gasteiger partial charge in [-0.05, 0) is 60.7 Å². The number of benzene rings is 2. The molecule has 1 aromatic heterocycles. The summed E-state index contributed by atoms with van der Waals surface area (Å²) in [7, 11) is 1.45. The van der Waals surface area contributed by atoms with Gasteiger partial charge in [0, 0.05) is 49.3 Å². The van der Waals surface area contributed by atoms with Gasteiger partial charge in [-0.1, -0.05) is 29.3 Å². The molecule has 0 radical (unpaired) electrons. The molecule has 0 saturated heterocycles. The molecular formula is C27H27Cl2N3O3. The Labute approximate surface area is 215 Å². The maximum atomic E-state index is 11.5. The Morgan fingerprint density at radius 3 is 2.66 bits per heavy atom. The van der Waals surface area contributed by atoms with E-state index in [2.05, 4.69) is 9.88 Å². The van der Waals surface area contributed by atoms with Crippen LogP contribution in [0, 0.1) is 5.92 Å². The van der Waals surface area contributed by atoms with E-state index in [1.807, 2.05) is 42.6 Å². The molecule has 1 saturated carbocycles. The van der Waals surface area contributed by atoms with Crippen molar-refractivity contribution in [2.24, 2.45) is 5.92 Å². The highest BCUT2D eigenvalue weighted by molar-refractivity contribution is 6.42. The molecule has 3 aromatic rings. The average Bonchev–Trinajstić information content (AvgIpc) is 2.86. The fourth-order valence-electron chi connectivity index (χ4n) is 4.77. The summed E-state index contributed by atoms with van der Waals surface area (Å²) >= 11 is 12.0. The van der Waals surface area contributed by atoms with E-state index in [1.54, 1.807) is 6.07 Å². The molecule has 1 aliphatic carbocycles. The van der Waals surface area contributed by atoms with Crippen LogP contribution in [0.4, 0.5) is 0 Å². The lowest BCUT2D eigenvalue weighted by atomic mass is 9.77. The van der Waals surface area contributed by atoms with Gasteiger partial charge in [-0.25, -0.2) is 9.97 Å². The second-order valence-electron chi connectivity index (χ2n) is 9.22. The quantitative estimate of drug-likeness (QED) is 0.377. The number of halogens is 2.